The Balaban J connectivity index is 2.56. The largest absolute Gasteiger partial charge is 0.495 e. The van der Waals surface area contributed by atoms with Gasteiger partial charge in [0.2, 0.25) is 0 Å². The molecule has 2 rings (SSSR count). The minimum absolute atomic E-state index is 0.181. The van der Waals surface area contributed by atoms with Crippen molar-refractivity contribution in [3.8, 4) is 16.9 Å². The molecule has 2 aromatic carbocycles. The number of methoxy groups -OCH3 is 2. The van der Waals surface area contributed by atoms with Gasteiger partial charge < -0.3 is 20.5 Å². The van der Waals surface area contributed by atoms with Crippen LogP contribution in [0.2, 0.25) is 0 Å². The van der Waals surface area contributed by atoms with Crippen LogP contribution in [-0.2, 0) is 4.74 Å². The predicted molar refractivity (Wildman–Crippen MR) is 87.6 cm³/mol. The normalized spacial score (nSPS) is 10.0. The summed E-state index contributed by atoms with van der Waals surface area (Å²) < 4.78 is 10.0. The van der Waals surface area contributed by atoms with Crippen molar-refractivity contribution in [1.29, 1.82) is 0 Å². The highest BCUT2D eigenvalue weighted by Gasteiger charge is 2.17. The lowest BCUT2D eigenvalue weighted by Crippen LogP contribution is -2.17. The molecule has 0 bridgehead atoms. The summed E-state index contributed by atoms with van der Waals surface area (Å²) in [6.45, 7) is 0. The fourth-order valence-corrected chi connectivity index (χ4v) is 2.24. The van der Waals surface area contributed by atoms with Crippen LogP contribution in [0, 0.1) is 0 Å². The fraction of sp³-hybridized carbons (Fsp3) is 0.176. The van der Waals surface area contributed by atoms with Gasteiger partial charge in [0.1, 0.15) is 5.75 Å². The summed E-state index contributed by atoms with van der Waals surface area (Å²) in [5.74, 6) is -0.215. The van der Waals surface area contributed by atoms with Crippen LogP contribution >= 0.6 is 0 Å². The second-order valence-corrected chi connectivity index (χ2v) is 4.79. The van der Waals surface area contributed by atoms with E-state index in [0.29, 0.717) is 28.1 Å². The van der Waals surface area contributed by atoms with E-state index in [0.717, 1.165) is 5.56 Å². The molecule has 6 heteroatoms. The molecule has 0 saturated carbocycles. The number of hydrogen-bond acceptors (Lipinski definition) is 5. The number of carbonyl (C=O) groups excluding carboxylic acids is 2. The van der Waals surface area contributed by atoms with Gasteiger partial charge in [0.05, 0.1) is 25.5 Å². The first-order valence-corrected chi connectivity index (χ1v) is 6.90. The predicted octanol–water partition coefficient (Wildman–Crippen LogP) is 2.09. The van der Waals surface area contributed by atoms with Crippen LogP contribution < -0.4 is 15.8 Å². The van der Waals surface area contributed by atoms with Gasteiger partial charge in [0.15, 0.2) is 0 Å². The van der Waals surface area contributed by atoms with E-state index < -0.39 is 5.97 Å². The van der Waals surface area contributed by atoms with E-state index in [2.05, 4.69) is 5.32 Å². The Labute approximate surface area is 134 Å². The molecule has 0 aliphatic carbocycles. The molecule has 1 amide bonds. The van der Waals surface area contributed by atoms with Gasteiger partial charge in [0.25, 0.3) is 5.91 Å². The second-order valence-electron chi connectivity index (χ2n) is 4.79. The highest BCUT2D eigenvalue weighted by Crippen LogP contribution is 2.33. The number of nitrogens with one attached hydrogen (secondary N) is 1. The maximum atomic E-state index is 12.0. The first-order chi connectivity index (χ1) is 11.0. The monoisotopic (exact) mass is 314 g/mol. The second kappa shape index (κ2) is 6.83. The molecule has 0 saturated heterocycles. The quantitative estimate of drug-likeness (QED) is 0.666. The molecular weight excluding hydrogens is 296 g/mol. The summed E-state index contributed by atoms with van der Waals surface area (Å²) >= 11 is 0. The Kier molecular flexibility index (Phi) is 4.85. The Hall–Kier alpha value is -3.02. The van der Waals surface area contributed by atoms with Crippen LogP contribution in [0.15, 0.2) is 36.4 Å². The lowest BCUT2D eigenvalue weighted by Gasteiger charge is -2.13. The maximum Gasteiger partial charge on any atom is 0.338 e. The molecule has 6 nitrogen and oxygen atoms in total. The molecule has 3 N–H and O–H groups in total. The van der Waals surface area contributed by atoms with Crippen LogP contribution in [0.25, 0.3) is 11.1 Å². The molecule has 0 aliphatic heterocycles. The Morgan fingerprint density at radius 2 is 1.74 bits per heavy atom. The number of rotatable bonds is 4. The number of hydrogen-bond donors (Lipinski definition) is 2. The molecule has 0 heterocycles. The molecule has 0 unspecified atom stereocenters. The zero-order valence-electron chi connectivity index (χ0n) is 13.2. The standard InChI is InChI=1S/C17H18N2O4/c1-19-16(20)11-6-4-10(5-7-11)12-9-15(22-2)14(18)8-13(12)17(21)23-3/h4-9H,18H2,1-3H3,(H,19,20). The van der Waals surface area contributed by atoms with Crippen LogP contribution in [0.4, 0.5) is 5.69 Å². The van der Waals surface area contributed by atoms with Crippen molar-refractivity contribution in [2.75, 3.05) is 27.0 Å². The van der Waals surface area contributed by atoms with Gasteiger partial charge in [0, 0.05) is 12.6 Å². The number of amides is 1. The molecule has 0 aliphatic rings. The van der Waals surface area contributed by atoms with E-state index in [1.165, 1.54) is 20.3 Å². The molecule has 0 spiro atoms. The van der Waals surface area contributed by atoms with Crippen LogP contribution in [0.1, 0.15) is 20.7 Å². The van der Waals surface area contributed by atoms with E-state index >= 15 is 0 Å². The summed E-state index contributed by atoms with van der Waals surface area (Å²) in [4.78, 5) is 23.6. The zero-order chi connectivity index (χ0) is 17.0. The van der Waals surface area contributed by atoms with Crippen molar-refractivity contribution in [3.63, 3.8) is 0 Å². The summed E-state index contributed by atoms with van der Waals surface area (Å²) in [6.07, 6.45) is 0. The van der Waals surface area contributed by atoms with Crippen molar-refractivity contribution in [2.45, 2.75) is 0 Å². The average Bonchev–Trinajstić information content (AvgIpc) is 2.60. The SMILES string of the molecule is CNC(=O)c1ccc(-c2cc(OC)c(N)cc2C(=O)OC)cc1. The van der Waals surface area contributed by atoms with Crippen molar-refractivity contribution >= 4 is 17.6 Å². The molecule has 0 fully saturated rings. The van der Waals surface area contributed by atoms with Gasteiger partial charge in [-0.25, -0.2) is 4.79 Å². The number of ether oxygens (including phenoxy) is 2. The van der Waals surface area contributed by atoms with E-state index in [1.807, 2.05) is 0 Å². The molecule has 2 aromatic rings. The summed E-state index contributed by atoms with van der Waals surface area (Å²) in [5.41, 5.74) is 8.44. The molecule has 120 valence electrons. The minimum atomic E-state index is -0.496. The van der Waals surface area contributed by atoms with E-state index in [9.17, 15) is 9.59 Å². The number of benzene rings is 2. The molecular formula is C17H18N2O4. The fourth-order valence-electron chi connectivity index (χ4n) is 2.24. The van der Waals surface area contributed by atoms with Gasteiger partial charge in [-0.05, 0) is 35.4 Å². The van der Waals surface area contributed by atoms with Crippen molar-refractivity contribution in [2.24, 2.45) is 0 Å². The first kappa shape index (κ1) is 16.4. The third-order valence-corrected chi connectivity index (χ3v) is 3.46. The number of nitrogens with two attached hydrogens (primary N) is 1. The van der Waals surface area contributed by atoms with Crippen LogP contribution in [0.5, 0.6) is 5.75 Å². The third-order valence-electron chi connectivity index (χ3n) is 3.46. The first-order valence-electron chi connectivity index (χ1n) is 6.90. The summed E-state index contributed by atoms with van der Waals surface area (Å²) in [7, 11) is 4.37. The van der Waals surface area contributed by atoms with Crippen molar-refractivity contribution < 1.29 is 19.1 Å². The van der Waals surface area contributed by atoms with Gasteiger partial charge >= 0.3 is 5.97 Å². The zero-order valence-corrected chi connectivity index (χ0v) is 13.2. The summed E-state index contributed by atoms with van der Waals surface area (Å²) in [6, 6.07) is 10.1. The highest BCUT2D eigenvalue weighted by atomic mass is 16.5. The van der Waals surface area contributed by atoms with E-state index in [4.69, 9.17) is 15.2 Å². The van der Waals surface area contributed by atoms with Gasteiger partial charge in [-0.1, -0.05) is 12.1 Å². The van der Waals surface area contributed by atoms with Crippen LogP contribution in [0.3, 0.4) is 0 Å². The maximum absolute atomic E-state index is 12.0. The molecule has 0 radical (unpaired) electrons. The van der Waals surface area contributed by atoms with E-state index in [-0.39, 0.29) is 5.91 Å². The van der Waals surface area contributed by atoms with Gasteiger partial charge in [-0.3, -0.25) is 4.79 Å². The van der Waals surface area contributed by atoms with Crippen molar-refractivity contribution in [3.05, 3.63) is 47.5 Å². The number of nitrogen functional groups attached to an aromatic ring is 1. The minimum Gasteiger partial charge on any atom is -0.495 e. The highest BCUT2D eigenvalue weighted by molar-refractivity contribution is 6.00. The smallest absolute Gasteiger partial charge is 0.338 e. The Morgan fingerprint density at radius 1 is 1.09 bits per heavy atom. The molecule has 0 atom stereocenters. The van der Waals surface area contributed by atoms with Gasteiger partial charge in [-0.2, -0.15) is 0 Å². The number of anilines is 1. The van der Waals surface area contributed by atoms with Crippen LogP contribution in [-0.4, -0.2) is 33.1 Å². The topological polar surface area (TPSA) is 90.6 Å². The lowest BCUT2D eigenvalue weighted by atomic mass is 9.97. The summed E-state index contributed by atoms with van der Waals surface area (Å²) in [5, 5.41) is 2.56. The lowest BCUT2D eigenvalue weighted by molar-refractivity contribution is 0.0601. The molecule has 0 aromatic heterocycles. The molecule has 23 heavy (non-hydrogen) atoms. The van der Waals surface area contributed by atoms with Crippen molar-refractivity contribution in [1.82, 2.24) is 5.32 Å². The van der Waals surface area contributed by atoms with Gasteiger partial charge in [-0.15, -0.1) is 0 Å². The number of carbonyl (C=O) groups is 2. The average molecular weight is 314 g/mol. The number of esters is 1. The van der Waals surface area contributed by atoms with E-state index in [1.54, 1.807) is 37.4 Å². The Bertz CT molecular complexity index is 739. The third kappa shape index (κ3) is 3.26. The Morgan fingerprint density at radius 3 is 2.26 bits per heavy atom.